The van der Waals surface area contributed by atoms with Gasteiger partial charge in [0.2, 0.25) is 0 Å². The molecule has 0 aliphatic heterocycles. The Labute approximate surface area is 59.9 Å². The first-order valence-electron chi connectivity index (χ1n) is 1.68. The summed E-state index contributed by atoms with van der Waals surface area (Å²) in [6.07, 6.45) is -1.83. The highest BCUT2D eigenvalue weighted by atomic mass is 32.2. The van der Waals surface area contributed by atoms with Crippen LogP contribution in [0.15, 0.2) is 13.2 Å². The van der Waals surface area contributed by atoms with Crippen molar-refractivity contribution in [2.24, 2.45) is 0 Å². The average molecular weight is 172 g/mol. The fraction of sp³-hybridized carbons (Fsp3) is 0. The molecule has 0 aromatic heterocycles. The molecule has 7 heteroatoms. The molecule has 0 heterocycles. The molecule has 10 heavy (non-hydrogen) atoms. The molecule has 0 rings (SSSR count). The summed E-state index contributed by atoms with van der Waals surface area (Å²) >= 11 is -2.61. The predicted octanol–water partition coefficient (Wildman–Crippen LogP) is 0.706. The first kappa shape index (κ1) is 16.0. The number of carbonyl (C=O) groups is 1. The Bertz CT molecular complexity index is 81.2. The molecule has 0 aliphatic carbocycles. The standard InChI is InChI=1S/C2H4.CH2O3.H2O3S/c1-2;2-1(3)4;1-4(2)3/h1-2H2;(H2,2,3,4);(H2,1,2,3). The van der Waals surface area contributed by atoms with Gasteiger partial charge in [0.15, 0.2) is 0 Å². The lowest BCUT2D eigenvalue weighted by atomic mass is 11.3. The molecule has 0 unspecified atom stereocenters. The molecule has 0 aromatic carbocycles. The minimum absolute atomic E-state index is 1.83. The molecule has 0 radical (unpaired) electrons. The van der Waals surface area contributed by atoms with Gasteiger partial charge in [0.05, 0.1) is 0 Å². The summed E-state index contributed by atoms with van der Waals surface area (Å²) in [7, 11) is 0. The second kappa shape index (κ2) is 15.7. The average Bonchev–Trinajstić information content (AvgIpc) is 1.66. The van der Waals surface area contributed by atoms with Gasteiger partial charge in [-0.15, -0.1) is 13.2 Å². The molecule has 4 N–H and O–H groups in total. The van der Waals surface area contributed by atoms with Crippen LogP contribution >= 0.6 is 0 Å². The molecule has 0 saturated heterocycles. The van der Waals surface area contributed by atoms with Crippen LogP contribution in [0.1, 0.15) is 0 Å². The fourth-order valence-electron chi connectivity index (χ4n) is 0. The summed E-state index contributed by atoms with van der Waals surface area (Å²) in [5, 5.41) is 13.9. The topological polar surface area (TPSA) is 115 Å². The Morgan fingerprint density at radius 3 is 1.20 bits per heavy atom. The van der Waals surface area contributed by atoms with E-state index in [0.29, 0.717) is 0 Å². The van der Waals surface area contributed by atoms with Crippen molar-refractivity contribution in [3.05, 3.63) is 13.2 Å². The minimum Gasteiger partial charge on any atom is -0.450 e. The first-order chi connectivity index (χ1) is 4.46. The Morgan fingerprint density at radius 2 is 1.20 bits per heavy atom. The number of rotatable bonds is 0. The van der Waals surface area contributed by atoms with Crippen LogP contribution in [0.5, 0.6) is 0 Å². The molecule has 0 spiro atoms. The quantitative estimate of drug-likeness (QED) is 0.316. The predicted molar refractivity (Wildman–Crippen MR) is 35.3 cm³/mol. The summed E-state index contributed by atoms with van der Waals surface area (Å²) in [5.41, 5.74) is 0. The van der Waals surface area contributed by atoms with Crippen LogP contribution in [0.4, 0.5) is 4.79 Å². The molecule has 0 bridgehead atoms. The van der Waals surface area contributed by atoms with Gasteiger partial charge in [-0.05, 0) is 0 Å². The highest BCUT2D eigenvalue weighted by Gasteiger charge is 1.70. The van der Waals surface area contributed by atoms with Crippen molar-refractivity contribution < 1.29 is 28.3 Å². The smallest absolute Gasteiger partial charge is 0.450 e. The zero-order valence-corrected chi connectivity index (χ0v) is 5.74. The summed E-state index contributed by atoms with van der Waals surface area (Å²) in [6, 6.07) is 0. The second-order valence-electron chi connectivity index (χ2n) is 0.513. The van der Waals surface area contributed by atoms with Crippen LogP contribution in [0.3, 0.4) is 0 Å². The van der Waals surface area contributed by atoms with E-state index in [1.165, 1.54) is 0 Å². The van der Waals surface area contributed by atoms with Crippen LogP contribution in [-0.2, 0) is 11.4 Å². The van der Waals surface area contributed by atoms with Gasteiger partial charge in [-0.1, -0.05) is 0 Å². The third-order valence-corrected chi connectivity index (χ3v) is 0. The lowest BCUT2D eigenvalue weighted by Crippen LogP contribution is -1.81. The molecule has 0 atom stereocenters. The van der Waals surface area contributed by atoms with Crippen LogP contribution in [0.2, 0.25) is 0 Å². The largest absolute Gasteiger partial charge is 0.503 e. The number of hydrogen-bond donors (Lipinski definition) is 4. The van der Waals surface area contributed by atoms with Crippen molar-refractivity contribution in [2.75, 3.05) is 0 Å². The van der Waals surface area contributed by atoms with Gasteiger partial charge in [0.25, 0.3) is 11.4 Å². The Kier molecular flexibility index (Phi) is 25.2. The van der Waals surface area contributed by atoms with Crippen molar-refractivity contribution in [3.8, 4) is 0 Å². The van der Waals surface area contributed by atoms with Crippen molar-refractivity contribution in [3.63, 3.8) is 0 Å². The maximum atomic E-state index is 8.67. The molecule has 0 aliphatic rings. The SMILES string of the molecule is C=C.O=C(O)O.O=S(O)O. The summed E-state index contributed by atoms with van der Waals surface area (Å²) in [5.74, 6) is 0. The highest BCUT2D eigenvalue weighted by molar-refractivity contribution is 7.73. The summed E-state index contributed by atoms with van der Waals surface area (Å²) < 4.78 is 22.8. The van der Waals surface area contributed by atoms with Gasteiger partial charge in [-0.25, -0.2) is 4.79 Å². The first-order valence-corrected chi connectivity index (χ1v) is 2.75. The van der Waals surface area contributed by atoms with E-state index in [4.69, 9.17) is 28.3 Å². The van der Waals surface area contributed by atoms with E-state index in [9.17, 15) is 0 Å². The third kappa shape index (κ3) is 309. The molecule has 0 saturated carbocycles. The van der Waals surface area contributed by atoms with Crippen molar-refractivity contribution in [1.82, 2.24) is 0 Å². The van der Waals surface area contributed by atoms with Gasteiger partial charge >= 0.3 is 6.16 Å². The fourth-order valence-corrected chi connectivity index (χ4v) is 0. The van der Waals surface area contributed by atoms with Gasteiger partial charge < -0.3 is 10.2 Å². The maximum absolute atomic E-state index is 8.67. The van der Waals surface area contributed by atoms with E-state index in [1.54, 1.807) is 0 Å². The van der Waals surface area contributed by atoms with Crippen LogP contribution in [-0.4, -0.2) is 29.7 Å². The van der Waals surface area contributed by atoms with Crippen molar-refractivity contribution in [2.45, 2.75) is 0 Å². The third-order valence-electron chi connectivity index (χ3n) is 0. The zero-order chi connectivity index (χ0) is 9.15. The molecule has 0 amide bonds. The van der Waals surface area contributed by atoms with Crippen molar-refractivity contribution in [1.29, 1.82) is 0 Å². The Hall–Kier alpha value is -0.920. The molecule has 0 fully saturated rings. The molecular formula is C3H8O6S. The van der Waals surface area contributed by atoms with Crippen LogP contribution in [0, 0.1) is 0 Å². The second-order valence-corrected chi connectivity index (χ2v) is 0.975. The zero-order valence-electron chi connectivity index (χ0n) is 4.93. The normalized spacial score (nSPS) is 6.30. The lowest BCUT2D eigenvalue weighted by Gasteiger charge is -1.60. The maximum Gasteiger partial charge on any atom is 0.503 e. The molecule has 62 valence electrons. The minimum atomic E-state index is -2.61. The van der Waals surface area contributed by atoms with Crippen molar-refractivity contribution >= 4 is 17.5 Å². The monoisotopic (exact) mass is 172 g/mol. The van der Waals surface area contributed by atoms with Gasteiger partial charge in [0.1, 0.15) is 0 Å². The van der Waals surface area contributed by atoms with E-state index < -0.39 is 17.5 Å². The van der Waals surface area contributed by atoms with Crippen LogP contribution < -0.4 is 0 Å². The highest BCUT2D eigenvalue weighted by Crippen LogP contribution is 1.44. The van der Waals surface area contributed by atoms with E-state index >= 15 is 0 Å². The van der Waals surface area contributed by atoms with E-state index in [-0.39, 0.29) is 0 Å². The van der Waals surface area contributed by atoms with E-state index in [0.717, 1.165) is 0 Å². The Balaban J connectivity index is -0.0000000787. The van der Waals surface area contributed by atoms with Gasteiger partial charge in [-0.3, -0.25) is 9.11 Å². The lowest BCUT2D eigenvalue weighted by molar-refractivity contribution is 0.137. The van der Waals surface area contributed by atoms with Gasteiger partial charge in [-0.2, -0.15) is 4.21 Å². The molecule has 0 aromatic rings. The van der Waals surface area contributed by atoms with E-state index in [2.05, 4.69) is 13.2 Å². The van der Waals surface area contributed by atoms with E-state index in [1.807, 2.05) is 0 Å². The molecule has 6 nitrogen and oxygen atoms in total. The number of carboxylic acid groups (broad SMARTS) is 2. The van der Waals surface area contributed by atoms with Gasteiger partial charge in [0, 0.05) is 0 Å². The summed E-state index contributed by atoms with van der Waals surface area (Å²) in [6.45, 7) is 6.00. The molecular weight excluding hydrogens is 164 g/mol. The number of hydrogen-bond acceptors (Lipinski definition) is 2. The van der Waals surface area contributed by atoms with Crippen LogP contribution in [0.25, 0.3) is 0 Å². The Morgan fingerprint density at radius 1 is 1.20 bits per heavy atom. The summed E-state index contributed by atoms with van der Waals surface area (Å²) in [4.78, 5) is 8.56.